The molecule has 3 rings (SSSR count). The predicted molar refractivity (Wildman–Crippen MR) is 127 cm³/mol. The van der Waals surface area contributed by atoms with Crippen molar-refractivity contribution in [3.05, 3.63) is 63.6 Å². The van der Waals surface area contributed by atoms with Gasteiger partial charge in [0.1, 0.15) is 5.75 Å². The molecule has 0 bridgehead atoms. The standard InChI is InChI=1S/C25H32N2O4S/c1-4-16-31-19-12-10-18(11-13-19)22-21(23(28)20-9-7-17-32-20)24(29)25(30)27(22)15-8-14-26(5-2)6-3/h7,9-13,17,22,29H,4-6,8,14-16H2,1-3H3. The molecule has 1 atom stereocenters. The van der Waals surface area contributed by atoms with Crippen LogP contribution in [-0.4, -0.2) is 59.4 Å². The molecular weight excluding hydrogens is 424 g/mol. The molecule has 1 aromatic carbocycles. The summed E-state index contributed by atoms with van der Waals surface area (Å²) < 4.78 is 5.68. The number of benzene rings is 1. The minimum absolute atomic E-state index is 0.155. The lowest BCUT2D eigenvalue weighted by Gasteiger charge is -2.28. The van der Waals surface area contributed by atoms with E-state index in [1.165, 1.54) is 11.3 Å². The summed E-state index contributed by atoms with van der Waals surface area (Å²) in [4.78, 5) is 30.7. The lowest BCUT2D eigenvalue weighted by atomic mass is 9.95. The maximum atomic E-state index is 13.3. The number of carbonyl (C=O) groups is 2. The van der Waals surface area contributed by atoms with Crippen molar-refractivity contribution in [3.63, 3.8) is 0 Å². The Hall–Kier alpha value is -2.64. The third kappa shape index (κ3) is 5.22. The first kappa shape index (κ1) is 24.0. The van der Waals surface area contributed by atoms with Crippen molar-refractivity contribution in [2.45, 2.75) is 39.7 Å². The van der Waals surface area contributed by atoms with Gasteiger partial charge in [-0.15, -0.1) is 11.3 Å². The number of hydrogen-bond donors (Lipinski definition) is 1. The number of ether oxygens (including phenoxy) is 1. The number of aliphatic hydroxyl groups excluding tert-OH is 1. The molecule has 1 unspecified atom stereocenters. The fourth-order valence-electron chi connectivity index (χ4n) is 3.97. The Morgan fingerprint density at radius 1 is 1.16 bits per heavy atom. The number of hydrogen-bond acceptors (Lipinski definition) is 6. The number of aliphatic hydroxyl groups is 1. The van der Waals surface area contributed by atoms with Gasteiger partial charge in [0, 0.05) is 6.54 Å². The van der Waals surface area contributed by atoms with Crippen molar-refractivity contribution in [1.82, 2.24) is 9.80 Å². The zero-order chi connectivity index (χ0) is 23.1. The molecule has 1 aromatic heterocycles. The molecule has 0 radical (unpaired) electrons. The first-order chi connectivity index (χ1) is 15.5. The van der Waals surface area contributed by atoms with Gasteiger partial charge in [0.25, 0.3) is 5.91 Å². The van der Waals surface area contributed by atoms with Gasteiger partial charge in [0.05, 0.1) is 23.1 Å². The number of rotatable bonds is 12. The number of Topliss-reactive ketones (excluding diaryl/α,β-unsaturated/α-hetero) is 1. The highest BCUT2D eigenvalue weighted by atomic mass is 32.1. The Kier molecular flexibility index (Phi) is 8.47. The van der Waals surface area contributed by atoms with E-state index in [0.717, 1.165) is 43.8 Å². The summed E-state index contributed by atoms with van der Waals surface area (Å²) in [5, 5.41) is 12.6. The Balaban J connectivity index is 1.90. The van der Waals surface area contributed by atoms with Crippen molar-refractivity contribution in [1.29, 1.82) is 0 Å². The van der Waals surface area contributed by atoms with Gasteiger partial charge in [0.15, 0.2) is 5.76 Å². The van der Waals surface area contributed by atoms with Gasteiger partial charge >= 0.3 is 0 Å². The summed E-state index contributed by atoms with van der Waals surface area (Å²) in [6, 6.07) is 10.4. The van der Waals surface area contributed by atoms with Crippen LogP contribution in [0.1, 0.15) is 54.9 Å². The van der Waals surface area contributed by atoms with Crippen molar-refractivity contribution in [2.75, 3.05) is 32.8 Å². The van der Waals surface area contributed by atoms with Gasteiger partial charge in [-0.25, -0.2) is 0 Å². The second-order valence-electron chi connectivity index (χ2n) is 7.77. The van der Waals surface area contributed by atoms with E-state index in [4.69, 9.17) is 4.74 Å². The highest BCUT2D eigenvalue weighted by Gasteiger charge is 2.43. The smallest absolute Gasteiger partial charge is 0.290 e. The van der Waals surface area contributed by atoms with E-state index < -0.39 is 17.7 Å². The molecule has 1 N–H and O–H groups in total. The van der Waals surface area contributed by atoms with Crippen LogP contribution < -0.4 is 4.74 Å². The average Bonchev–Trinajstić information content (AvgIpc) is 3.43. The quantitative estimate of drug-likeness (QED) is 0.463. The summed E-state index contributed by atoms with van der Waals surface area (Å²) in [7, 11) is 0. The largest absolute Gasteiger partial charge is 0.503 e. The zero-order valence-electron chi connectivity index (χ0n) is 19.0. The van der Waals surface area contributed by atoms with Crippen molar-refractivity contribution in [3.8, 4) is 5.75 Å². The van der Waals surface area contributed by atoms with E-state index in [0.29, 0.717) is 18.0 Å². The van der Waals surface area contributed by atoms with E-state index in [1.54, 1.807) is 17.0 Å². The molecule has 2 heterocycles. The van der Waals surface area contributed by atoms with Crippen LogP contribution >= 0.6 is 11.3 Å². The molecule has 1 aliphatic heterocycles. The topological polar surface area (TPSA) is 70.1 Å². The van der Waals surface area contributed by atoms with Crippen LogP contribution in [0.4, 0.5) is 0 Å². The highest BCUT2D eigenvalue weighted by Crippen LogP contribution is 2.40. The second kappa shape index (κ2) is 11.3. The molecule has 172 valence electrons. The van der Waals surface area contributed by atoms with Gasteiger partial charge in [-0.1, -0.05) is 39.0 Å². The SMILES string of the molecule is CCCOc1ccc(C2C(C(=O)c3cccs3)=C(O)C(=O)N2CCCN(CC)CC)cc1. The fourth-order valence-corrected chi connectivity index (χ4v) is 4.65. The fraction of sp³-hybridized carbons (Fsp3) is 0.440. The van der Waals surface area contributed by atoms with Crippen LogP contribution in [-0.2, 0) is 4.79 Å². The summed E-state index contributed by atoms with van der Waals surface area (Å²) in [6.07, 6.45) is 1.67. The number of ketones is 1. The number of amides is 1. The molecule has 0 spiro atoms. The zero-order valence-corrected chi connectivity index (χ0v) is 19.9. The second-order valence-corrected chi connectivity index (χ2v) is 8.72. The maximum Gasteiger partial charge on any atom is 0.290 e. The van der Waals surface area contributed by atoms with E-state index >= 15 is 0 Å². The van der Waals surface area contributed by atoms with Crippen molar-refractivity contribution < 1.29 is 19.4 Å². The molecule has 6 nitrogen and oxygen atoms in total. The normalized spacial score (nSPS) is 16.3. The Morgan fingerprint density at radius 2 is 1.88 bits per heavy atom. The monoisotopic (exact) mass is 456 g/mol. The van der Waals surface area contributed by atoms with Crippen LogP contribution in [0, 0.1) is 0 Å². The third-order valence-corrected chi connectivity index (χ3v) is 6.60. The molecule has 0 fully saturated rings. The predicted octanol–water partition coefficient (Wildman–Crippen LogP) is 4.85. The minimum Gasteiger partial charge on any atom is -0.503 e. The Labute approximate surface area is 194 Å². The number of thiophene rings is 1. The summed E-state index contributed by atoms with van der Waals surface area (Å²) in [5.41, 5.74) is 0.941. The van der Waals surface area contributed by atoms with Crippen LogP contribution in [0.5, 0.6) is 5.75 Å². The average molecular weight is 457 g/mol. The highest BCUT2D eigenvalue weighted by molar-refractivity contribution is 7.12. The van der Waals surface area contributed by atoms with E-state index in [-0.39, 0.29) is 11.4 Å². The number of nitrogens with zero attached hydrogens (tertiary/aromatic N) is 2. The maximum absolute atomic E-state index is 13.3. The number of carbonyl (C=O) groups excluding carboxylic acids is 2. The van der Waals surface area contributed by atoms with E-state index in [2.05, 4.69) is 18.7 Å². The van der Waals surface area contributed by atoms with Crippen molar-refractivity contribution >= 4 is 23.0 Å². The molecule has 2 aromatic rings. The summed E-state index contributed by atoms with van der Waals surface area (Å²) in [5.74, 6) is -0.482. The first-order valence-corrected chi connectivity index (χ1v) is 12.2. The molecule has 32 heavy (non-hydrogen) atoms. The van der Waals surface area contributed by atoms with E-state index in [1.807, 2.05) is 36.6 Å². The van der Waals surface area contributed by atoms with Crippen LogP contribution in [0.25, 0.3) is 0 Å². The van der Waals surface area contributed by atoms with Gasteiger partial charge in [-0.3, -0.25) is 9.59 Å². The van der Waals surface area contributed by atoms with Crippen LogP contribution in [0.15, 0.2) is 53.1 Å². The molecule has 1 amide bonds. The lowest BCUT2D eigenvalue weighted by Crippen LogP contribution is -2.34. The molecule has 0 saturated heterocycles. The van der Waals surface area contributed by atoms with Gasteiger partial charge in [-0.05, 0) is 61.6 Å². The lowest BCUT2D eigenvalue weighted by molar-refractivity contribution is -0.129. The minimum atomic E-state index is -0.617. The van der Waals surface area contributed by atoms with Crippen molar-refractivity contribution in [2.24, 2.45) is 0 Å². The molecule has 0 aliphatic carbocycles. The molecule has 0 saturated carbocycles. The third-order valence-electron chi connectivity index (χ3n) is 5.73. The molecular formula is C25H32N2O4S. The van der Waals surface area contributed by atoms with Crippen LogP contribution in [0.2, 0.25) is 0 Å². The van der Waals surface area contributed by atoms with E-state index in [9.17, 15) is 14.7 Å². The Morgan fingerprint density at radius 3 is 2.47 bits per heavy atom. The van der Waals surface area contributed by atoms with Gasteiger partial charge in [0.2, 0.25) is 5.78 Å². The molecule has 7 heteroatoms. The van der Waals surface area contributed by atoms with Gasteiger partial charge in [-0.2, -0.15) is 0 Å². The molecule has 1 aliphatic rings. The summed E-state index contributed by atoms with van der Waals surface area (Å²) in [6.45, 7) is 10.1. The van der Waals surface area contributed by atoms with Gasteiger partial charge < -0.3 is 19.6 Å². The van der Waals surface area contributed by atoms with Crippen LogP contribution in [0.3, 0.4) is 0 Å². The first-order valence-electron chi connectivity index (χ1n) is 11.3. The summed E-state index contributed by atoms with van der Waals surface area (Å²) >= 11 is 1.31. The Bertz CT molecular complexity index is 933.